The van der Waals surface area contributed by atoms with Crippen LogP contribution in [0.15, 0.2) is 24.3 Å². The Labute approximate surface area is 140 Å². The first-order chi connectivity index (χ1) is 11.6. The van der Waals surface area contributed by atoms with Crippen LogP contribution in [0.4, 0.5) is 8.78 Å². The highest BCUT2D eigenvalue weighted by molar-refractivity contribution is 5.97. The highest BCUT2D eigenvalue weighted by Crippen LogP contribution is 2.19. The number of piperidine rings is 1. The summed E-state index contributed by atoms with van der Waals surface area (Å²) < 4.78 is 35.3. The lowest BCUT2D eigenvalue weighted by molar-refractivity contribution is 0.0695. The molecule has 0 atom stereocenters. The van der Waals surface area contributed by atoms with Crippen molar-refractivity contribution in [3.8, 4) is 5.75 Å². The maximum Gasteiger partial charge on any atom is 0.255 e. The van der Waals surface area contributed by atoms with Crippen molar-refractivity contribution in [2.75, 3.05) is 40.0 Å². The van der Waals surface area contributed by atoms with Crippen molar-refractivity contribution in [3.05, 3.63) is 29.8 Å². The van der Waals surface area contributed by atoms with Gasteiger partial charge >= 0.3 is 0 Å². The van der Waals surface area contributed by atoms with E-state index in [-0.39, 0.29) is 18.5 Å². The lowest BCUT2D eigenvalue weighted by Crippen LogP contribution is -2.45. The Bertz CT molecular complexity index is 520. The molecular formula is C17H24F2N2O3. The van der Waals surface area contributed by atoms with Crippen LogP contribution in [-0.2, 0) is 4.74 Å². The Kier molecular flexibility index (Phi) is 7.39. The molecule has 24 heavy (non-hydrogen) atoms. The highest BCUT2D eigenvalue weighted by atomic mass is 19.3. The van der Waals surface area contributed by atoms with Crippen molar-refractivity contribution >= 4 is 5.91 Å². The summed E-state index contributed by atoms with van der Waals surface area (Å²) in [5, 5.41) is 2.98. The van der Waals surface area contributed by atoms with E-state index in [4.69, 9.17) is 9.47 Å². The van der Waals surface area contributed by atoms with Crippen LogP contribution in [0.3, 0.4) is 0 Å². The number of ether oxygens (including phenoxy) is 2. The molecule has 0 radical (unpaired) electrons. The standard InChI is InChI=1S/C17H24F2N2O3/c1-23-10-11-24-15-5-3-2-4-14(15)17(22)20-13-6-8-21(9-7-13)12-16(18)19/h2-5,13,16H,6-12H2,1H3,(H,20,22). The van der Waals surface area contributed by atoms with Gasteiger partial charge in [0.05, 0.1) is 18.7 Å². The lowest BCUT2D eigenvalue weighted by atomic mass is 10.0. The zero-order valence-corrected chi connectivity index (χ0v) is 13.8. The molecule has 1 aliphatic rings. The maximum absolute atomic E-state index is 12.5. The molecule has 1 fully saturated rings. The topological polar surface area (TPSA) is 50.8 Å². The third-order valence-corrected chi connectivity index (χ3v) is 4.00. The number of likely N-dealkylation sites (tertiary alicyclic amines) is 1. The summed E-state index contributed by atoms with van der Waals surface area (Å²) >= 11 is 0. The minimum absolute atomic E-state index is 0.00143. The fraction of sp³-hybridized carbons (Fsp3) is 0.588. The van der Waals surface area contributed by atoms with Crippen molar-refractivity contribution < 1.29 is 23.0 Å². The van der Waals surface area contributed by atoms with E-state index in [0.717, 1.165) is 0 Å². The van der Waals surface area contributed by atoms with E-state index in [1.165, 1.54) is 0 Å². The molecule has 1 amide bonds. The molecule has 0 aliphatic carbocycles. The molecule has 0 spiro atoms. The maximum atomic E-state index is 12.5. The van der Waals surface area contributed by atoms with Gasteiger partial charge in [-0.1, -0.05) is 12.1 Å². The zero-order valence-electron chi connectivity index (χ0n) is 13.8. The number of hydrogen-bond acceptors (Lipinski definition) is 4. The fourth-order valence-electron chi connectivity index (χ4n) is 2.73. The Hall–Kier alpha value is -1.73. The number of halogens is 2. The van der Waals surface area contributed by atoms with Crippen LogP contribution in [-0.4, -0.2) is 63.2 Å². The Morgan fingerprint density at radius 2 is 2.00 bits per heavy atom. The van der Waals surface area contributed by atoms with Gasteiger partial charge in [0.2, 0.25) is 0 Å². The third-order valence-electron chi connectivity index (χ3n) is 4.00. The van der Waals surface area contributed by atoms with Crippen molar-refractivity contribution in [3.63, 3.8) is 0 Å². The summed E-state index contributed by atoms with van der Waals surface area (Å²) in [6.07, 6.45) is -0.969. The molecule has 1 aromatic carbocycles. The van der Waals surface area contributed by atoms with E-state index >= 15 is 0 Å². The number of alkyl halides is 2. The van der Waals surface area contributed by atoms with Gasteiger partial charge in [-0.15, -0.1) is 0 Å². The SMILES string of the molecule is COCCOc1ccccc1C(=O)NC1CCN(CC(F)F)CC1. The summed E-state index contributed by atoms with van der Waals surface area (Å²) in [7, 11) is 1.59. The molecule has 1 aromatic rings. The van der Waals surface area contributed by atoms with E-state index in [2.05, 4.69) is 5.32 Å². The number of carbonyl (C=O) groups excluding carboxylic acids is 1. The van der Waals surface area contributed by atoms with Gasteiger partial charge in [0.1, 0.15) is 12.4 Å². The molecule has 1 N–H and O–H groups in total. The van der Waals surface area contributed by atoms with Crippen LogP contribution in [0.25, 0.3) is 0 Å². The predicted octanol–water partition coefficient (Wildman–Crippen LogP) is 2.17. The molecular weight excluding hydrogens is 318 g/mol. The van der Waals surface area contributed by atoms with Crippen LogP contribution in [0.1, 0.15) is 23.2 Å². The lowest BCUT2D eigenvalue weighted by Gasteiger charge is -2.32. The molecule has 1 aliphatic heterocycles. The molecule has 1 heterocycles. The quantitative estimate of drug-likeness (QED) is 0.736. The second-order valence-corrected chi connectivity index (χ2v) is 5.78. The molecule has 0 aromatic heterocycles. The highest BCUT2D eigenvalue weighted by Gasteiger charge is 2.23. The third kappa shape index (κ3) is 5.72. The number of nitrogens with one attached hydrogen (secondary N) is 1. The molecule has 1 saturated heterocycles. The number of benzene rings is 1. The van der Waals surface area contributed by atoms with Crippen LogP contribution < -0.4 is 10.1 Å². The van der Waals surface area contributed by atoms with Gasteiger partial charge in [0.25, 0.3) is 12.3 Å². The normalized spacial score (nSPS) is 16.3. The van der Waals surface area contributed by atoms with Crippen LogP contribution in [0.5, 0.6) is 5.75 Å². The van der Waals surface area contributed by atoms with Crippen molar-refractivity contribution in [2.24, 2.45) is 0 Å². The number of nitrogens with zero attached hydrogens (tertiary/aromatic N) is 1. The average Bonchev–Trinajstić information content (AvgIpc) is 2.57. The van der Waals surface area contributed by atoms with Gasteiger partial charge in [0, 0.05) is 26.2 Å². The molecule has 2 rings (SSSR count). The number of hydrogen-bond donors (Lipinski definition) is 1. The summed E-state index contributed by atoms with van der Waals surface area (Å²) in [5.41, 5.74) is 0.476. The second kappa shape index (κ2) is 9.54. The largest absolute Gasteiger partial charge is 0.490 e. The minimum Gasteiger partial charge on any atom is -0.490 e. The summed E-state index contributed by atoms with van der Waals surface area (Å²) in [6.45, 7) is 1.75. The monoisotopic (exact) mass is 342 g/mol. The van der Waals surface area contributed by atoms with E-state index in [1.807, 2.05) is 6.07 Å². The van der Waals surface area contributed by atoms with Crippen LogP contribution in [0.2, 0.25) is 0 Å². The average molecular weight is 342 g/mol. The van der Waals surface area contributed by atoms with E-state index < -0.39 is 6.43 Å². The minimum atomic E-state index is -2.31. The van der Waals surface area contributed by atoms with Gasteiger partial charge in [-0.2, -0.15) is 0 Å². The van der Waals surface area contributed by atoms with Gasteiger partial charge in [-0.05, 0) is 25.0 Å². The number of para-hydroxylation sites is 1. The van der Waals surface area contributed by atoms with E-state index in [9.17, 15) is 13.6 Å². The van der Waals surface area contributed by atoms with E-state index in [1.54, 1.807) is 30.2 Å². The molecule has 5 nitrogen and oxygen atoms in total. The summed E-state index contributed by atoms with van der Waals surface area (Å²) in [6, 6.07) is 7.04. The zero-order chi connectivity index (χ0) is 17.4. The molecule has 0 unspecified atom stereocenters. The summed E-state index contributed by atoms with van der Waals surface area (Å²) in [5.74, 6) is 0.317. The smallest absolute Gasteiger partial charge is 0.255 e. The first-order valence-corrected chi connectivity index (χ1v) is 8.12. The van der Waals surface area contributed by atoms with Gasteiger partial charge < -0.3 is 14.8 Å². The number of amides is 1. The number of methoxy groups -OCH3 is 1. The number of carbonyl (C=O) groups is 1. The molecule has 0 saturated carbocycles. The fourth-order valence-corrected chi connectivity index (χ4v) is 2.73. The second-order valence-electron chi connectivity index (χ2n) is 5.78. The van der Waals surface area contributed by atoms with Gasteiger partial charge in [-0.25, -0.2) is 8.78 Å². The van der Waals surface area contributed by atoms with Crippen molar-refractivity contribution in [2.45, 2.75) is 25.3 Å². The van der Waals surface area contributed by atoms with Crippen LogP contribution >= 0.6 is 0 Å². The molecule has 7 heteroatoms. The summed E-state index contributed by atoms with van der Waals surface area (Å²) in [4.78, 5) is 14.2. The first-order valence-electron chi connectivity index (χ1n) is 8.12. The van der Waals surface area contributed by atoms with Crippen molar-refractivity contribution in [1.29, 1.82) is 0 Å². The Morgan fingerprint density at radius 1 is 1.29 bits per heavy atom. The van der Waals surface area contributed by atoms with E-state index in [0.29, 0.717) is 50.5 Å². The Balaban J connectivity index is 1.87. The predicted molar refractivity (Wildman–Crippen MR) is 86.7 cm³/mol. The van der Waals surface area contributed by atoms with Crippen molar-refractivity contribution in [1.82, 2.24) is 10.2 Å². The van der Waals surface area contributed by atoms with Crippen LogP contribution in [0, 0.1) is 0 Å². The first kappa shape index (κ1) is 18.6. The van der Waals surface area contributed by atoms with Gasteiger partial charge in [0.15, 0.2) is 0 Å². The molecule has 0 bridgehead atoms. The Morgan fingerprint density at radius 3 is 2.67 bits per heavy atom. The van der Waals surface area contributed by atoms with Gasteiger partial charge in [-0.3, -0.25) is 9.69 Å². The molecule has 134 valence electrons. The number of rotatable bonds is 8.